The Kier molecular flexibility index (Phi) is 4.14. The SMILES string of the molecule is Brc1ccc2c(c1)CC1c3ccc(Br)cc3OC(c3ccccc3Br)N21. The van der Waals surface area contributed by atoms with Crippen molar-refractivity contribution >= 4 is 53.5 Å². The number of benzene rings is 3. The van der Waals surface area contributed by atoms with Crippen LogP contribution in [0.25, 0.3) is 0 Å². The summed E-state index contributed by atoms with van der Waals surface area (Å²) in [6.45, 7) is 0. The van der Waals surface area contributed by atoms with Crippen LogP contribution in [0.5, 0.6) is 5.75 Å². The van der Waals surface area contributed by atoms with E-state index in [1.54, 1.807) is 0 Å². The van der Waals surface area contributed by atoms with E-state index in [0.717, 1.165) is 31.2 Å². The summed E-state index contributed by atoms with van der Waals surface area (Å²) < 4.78 is 9.75. The van der Waals surface area contributed by atoms with Gasteiger partial charge in [0.1, 0.15) is 5.75 Å². The third-order valence-corrected chi connectivity index (χ3v) is 6.77. The van der Waals surface area contributed by atoms with Crippen molar-refractivity contribution in [2.45, 2.75) is 18.7 Å². The van der Waals surface area contributed by atoms with Gasteiger partial charge in [0.2, 0.25) is 0 Å². The van der Waals surface area contributed by atoms with Crippen molar-refractivity contribution in [3.63, 3.8) is 0 Å². The van der Waals surface area contributed by atoms with Crippen molar-refractivity contribution in [2.75, 3.05) is 4.90 Å². The molecular formula is C21H14Br3NO. The van der Waals surface area contributed by atoms with Gasteiger partial charge in [-0.3, -0.25) is 0 Å². The van der Waals surface area contributed by atoms with E-state index in [-0.39, 0.29) is 12.3 Å². The molecule has 0 radical (unpaired) electrons. The van der Waals surface area contributed by atoms with Gasteiger partial charge < -0.3 is 9.64 Å². The van der Waals surface area contributed by atoms with Gasteiger partial charge in [-0.2, -0.15) is 0 Å². The van der Waals surface area contributed by atoms with Gasteiger partial charge >= 0.3 is 0 Å². The van der Waals surface area contributed by atoms with Gasteiger partial charge in [0.05, 0.1) is 6.04 Å². The van der Waals surface area contributed by atoms with Crippen molar-refractivity contribution in [3.05, 3.63) is 90.8 Å². The lowest BCUT2D eigenvalue weighted by atomic mass is 9.99. The largest absolute Gasteiger partial charge is 0.466 e. The Hall–Kier alpha value is -1.30. The highest BCUT2D eigenvalue weighted by molar-refractivity contribution is 9.11. The smallest absolute Gasteiger partial charge is 0.200 e. The summed E-state index contributed by atoms with van der Waals surface area (Å²) in [5, 5.41) is 0. The lowest BCUT2D eigenvalue weighted by Gasteiger charge is -2.41. The quantitative estimate of drug-likeness (QED) is 0.327. The normalized spacial score (nSPS) is 20.2. The summed E-state index contributed by atoms with van der Waals surface area (Å²) in [6, 6.07) is 21.4. The van der Waals surface area contributed by atoms with E-state index < -0.39 is 0 Å². The first-order chi connectivity index (χ1) is 12.6. The first-order valence-electron chi connectivity index (χ1n) is 8.39. The van der Waals surface area contributed by atoms with Crippen LogP contribution in [0.1, 0.15) is 29.0 Å². The number of hydrogen-bond donors (Lipinski definition) is 0. The molecule has 2 unspecified atom stereocenters. The highest BCUT2D eigenvalue weighted by Crippen LogP contribution is 2.53. The van der Waals surface area contributed by atoms with Crippen LogP contribution in [-0.4, -0.2) is 0 Å². The van der Waals surface area contributed by atoms with E-state index in [1.165, 1.54) is 16.8 Å². The lowest BCUT2D eigenvalue weighted by molar-refractivity contribution is 0.166. The zero-order chi connectivity index (χ0) is 17.8. The van der Waals surface area contributed by atoms with Crippen LogP contribution in [0.3, 0.4) is 0 Å². The minimum atomic E-state index is -0.167. The van der Waals surface area contributed by atoms with Gasteiger partial charge in [0.25, 0.3) is 0 Å². The molecule has 2 atom stereocenters. The maximum atomic E-state index is 6.53. The second-order valence-corrected chi connectivity index (χ2v) is 9.26. The highest BCUT2D eigenvalue weighted by atomic mass is 79.9. The third-order valence-electron chi connectivity index (χ3n) is 5.07. The molecule has 0 spiro atoms. The fourth-order valence-corrected chi connectivity index (χ4v) is 5.17. The van der Waals surface area contributed by atoms with Crippen molar-refractivity contribution in [1.29, 1.82) is 0 Å². The Morgan fingerprint density at radius 1 is 0.846 bits per heavy atom. The van der Waals surface area contributed by atoms with Gasteiger partial charge in [-0.05, 0) is 48.4 Å². The lowest BCUT2D eigenvalue weighted by Crippen LogP contribution is -2.37. The first-order valence-corrected chi connectivity index (χ1v) is 10.8. The van der Waals surface area contributed by atoms with Crippen molar-refractivity contribution in [1.82, 2.24) is 0 Å². The van der Waals surface area contributed by atoms with Crippen LogP contribution in [0, 0.1) is 0 Å². The zero-order valence-corrected chi connectivity index (χ0v) is 18.4. The fourth-order valence-electron chi connectivity index (χ4n) is 3.94. The summed E-state index contributed by atoms with van der Waals surface area (Å²) in [4.78, 5) is 2.41. The summed E-state index contributed by atoms with van der Waals surface area (Å²) in [6.07, 6.45) is 0.813. The Morgan fingerprint density at radius 3 is 2.46 bits per heavy atom. The van der Waals surface area contributed by atoms with E-state index >= 15 is 0 Å². The molecule has 0 saturated heterocycles. The van der Waals surface area contributed by atoms with Gasteiger partial charge in [-0.25, -0.2) is 0 Å². The molecule has 3 aromatic carbocycles. The molecule has 0 N–H and O–H groups in total. The first kappa shape index (κ1) is 16.8. The minimum absolute atomic E-state index is 0.167. The molecule has 2 nitrogen and oxygen atoms in total. The predicted molar refractivity (Wildman–Crippen MR) is 115 cm³/mol. The molecule has 5 heteroatoms. The van der Waals surface area contributed by atoms with Crippen LogP contribution in [0.15, 0.2) is 74.1 Å². The number of fused-ring (bicyclic) bond motifs is 5. The van der Waals surface area contributed by atoms with Crippen LogP contribution >= 0.6 is 47.8 Å². The summed E-state index contributed by atoms with van der Waals surface area (Å²) in [5.74, 6) is 0.952. The average molecular weight is 536 g/mol. The maximum absolute atomic E-state index is 6.53. The molecule has 26 heavy (non-hydrogen) atoms. The average Bonchev–Trinajstić information content (AvgIpc) is 2.99. The molecule has 3 aromatic rings. The predicted octanol–water partition coefficient (Wildman–Crippen LogP) is 7.17. The third kappa shape index (κ3) is 2.63. The van der Waals surface area contributed by atoms with Crippen LogP contribution in [0.4, 0.5) is 5.69 Å². The fraction of sp³-hybridized carbons (Fsp3) is 0.143. The molecule has 0 amide bonds. The topological polar surface area (TPSA) is 12.5 Å². The van der Waals surface area contributed by atoms with E-state index in [2.05, 4.69) is 107 Å². The zero-order valence-electron chi connectivity index (χ0n) is 13.6. The van der Waals surface area contributed by atoms with Crippen molar-refractivity contribution in [3.8, 4) is 5.75 Å². The Balaban J connectivity index is 1.72. The Morgan fingerprint density at radius 2 is 1.62 bits per heavy atom. The molecule has 0 fully saturated rings. The van der Waals surface area contributed by atoms with Gasteiger partial charge in [0.15, 0.2) is 6.23 Å². The number of nitrogens with zero attached hydrogens (tertiary/aromatic N) is 1. The highest BCUT2D eigenvalue weighted by Gasteiger charge is 2.42. The summed E-state index contributed by atoms with van der Waals surface area (Å²) in [7, 11) is 0. The summed E-state index contributed by atoms with van der Waals surface area (Å²) >= 11 is 10.9. The van der Waals surface area contributed by atoms with Crippen molar-refractivity contribution < 1.29 is 4.74 Å². The van der Waals surface area contributed by atoms with E-state index in [1.807, 2.05) is 6.07 Å². The van der Waals surface area contributed by atoms with Crippen LogP contribution in [0.2, 0.25) is 0 Å². The van der Waals surface area contributed by atoms with Gasteiger partial charge in [-0.15, -0.1) is 0 Å². The molecule has 5 rings (SSSR count). The summed E-state index contributed by atoms with van der Waals surface area (Å²) in [5.41, 5.74) is 4.97. The monoisotopic (exact) mass is 533 g/mol. The number of hydrogen-bond acceptors (Lipinski definition) is 2. The number of ether oxygens (including phenoxy) is 1. The molecule has 0 aromatic heterocycles. The van der Waals surface area contributed by atoms with Crippen LogP contribution in [-0.2, 0) is 6.42 Å². The minimum Gasteiger partial charge on any atom is -0.466 e. The van der Waals surface area contributed by atoms with Crippen molar-refractivity contribution in [2.24, 2.45) is 0 Å². The number of anilines is 1. The molecule has 2 heterocycles. The molecule has 0 saturated carbocycles. The second-order valence-electron chi connectivity index (χ2n) is 6.57. The number of halogens is 3. The van der Waals surface area contributed by atoms with E-state index in [0.29, 0.717) is 0 Å². The maximum Gasteiger partial charge on any atom is 0.200 e. The number of rotatable bonds is 1. The molecule has 0 bridgehead atoms. The Bertz CT molecular complexity index is 1020. The second kappa shape index (κ2) is 6.39. The molecule has 2 aliphatic rings. The molecule has 2 aliphatic heterocycles. The van der Waals surface area contributed by atoms with E-state index in [4.69, 9.17) is 4.74 Å². The Labute approximate surface area is 177 Å². The van der Waals surface area contributed by atoms with Crippen LogP contribution < -0.4 is 9.64 Å². The molecular weight excluding hydrogens is 522 g/mol. The molecule has 0 aliphatic carbocycles. The molecule has 130 valence electrons. The van der Waals surface area contributed by atoms with E-state index in [9.17, 15) is 0 Å². The van der Waals surface area contributed by atoms with Gasteiger partial charge in [-0.1, -0.05) is 72.1 Å². The van der Waals surface area contributed by atoms with Gasteiger partial charge in [0, 0.05) is 30.2 Å². The standard InChI is InChI=1S/C21H14Br3NO/c22-13-6-8-18-12(9-13)10-19-16-7-5-14(23)11-20(16)26-21(25(18)19)15-3-1-2-4-17(15)24/h1-9,11,19,21H,10H2.